The first-order valence-electron chi connectivity index (χ1n) is 14.4. The van der Waals surface area contributed by atoms with Crippen LogP contribution in [0.25, 0.3) is 0 Å². The van der Waals surface area contributed by atoms with Crippen molar-refractivity contribution < 1.29 is 4.39 Å². The Morgan fingerprint density at radius 2 is 1.68 bits per heavy atom. The van der Waals surface area contributed by atoms with Gasteiger partial charge in [0, 0.05) is 18.1 Å². The van der Waals surface area contributed by atoms with E-state index in [1.807, 2.05) is 24.3 Å². The highest BCUT2D eigenvalue weighted by atomic mass is 35.5. The fourth-order valence-electron chi connectivity index (χ4n) is 6.24. The van der Waals surface area contributed by atoms with Crippen LogP contribution in [0.1, 0.15) is 75.8 Å². The van der Waals surface area contributed by atoms with Gasteiger partial charge in [0.1, 0.15) is 23.6 Å². The molecule has 2 aliphatic rings. The quantitative estimate of drug-likeness (QED) is 0.269. The summed E-state index contributed by atoms with van der Waals surface area (Å²) in [7, 11) is 0. The van der Waals surface area contributed by atoms with Crippen LogP contribution in [-0.2, 0) is 6.54 Å². The normalized spacial score (nSPS) is 25.5. The Labute approximate surface area is 232 Å². The molecule has 0 spiro atoms. The maximum absolute atomic E-state index is 13.5. The molecule has 206 valence electrons. The highest BCUT2D eigenvalue weighted by Crippen LogP contribution is 2.36. The van der Waals surface area contributed by atoms with Crippen molar-refractivity contribution in [1.29, 1.82) is 5.26 Å². The van der Waals surface area contributed by atoms with E-state index >= 15 is 0 Å². The Kier molecular flexibility index (Phi) is 11.0. The highest BCUT2D eigenvalue weighted by Gasteiger charge is 2.29. The number of anilines is 2. The van der Waals surface area contributed by atoms with Crippen LogP contribution < -0.4 is 16.0 Å². The molecule has 4 rings (SSSR count). The molecular formula is C30H42ClFN6. The predicted molar refractivity (Wildman–Crippen MR) is 153 cm³/mol. The van der Waals surface area contributed by atoms with E-state index < -0.39 is 6.17 Å². The second-order valence-electron chi connectivity index (χ2n) is 11.3. The number of nitriles is 1. The zero-order chi connectivity index (χ0) is 26.7. The zero-order valence-electron chi connectivity index (χ0n) is 22.6. The molecule has 0 saturated heterocycles. The summed E-state index contributed by atoms with van der Waals surface area (Å²) < 4.78 is 13.5. The van der Waals surface area contributed by atoms with Crippen molar-refractivity contribution in [3.05, 3.63) is 46.6 Å². The van der Waals surface area contributed by atoms with Crippen molar-refractivity contribution in [2.75, 3.05) is 30.3 Å². The third-order valence-corrected chi connectivity index (χ3v) is 8.57. The molecule has 1 aromatic carbocycles. The summed E-state index contributed by atoms with van der Waals surface area (Å²) in [5.41, 5.74) is 1.42. The van der Waals surface area contributed by atoms with Gasteiger partial charge in [0.15, 0.2) is 0 Å². The third-order valence-electron chi connectivity index (χ3n) is 8.20. The van der Waals surface area contributed by atoms with Crippen LogP contribution in [-0.4, -0.2) is 35.8 Å². The summed E-state index contributed by atoms with van der Waals surface area (Å²) in [6.45, 7) is 5.64. The van der Waals surface area contributed by atoms with Crippen molar-refractivity contribution in [2.24, 2.45) is 23.7 Å². The second-order valence-corrected chi connectivity index (χ2v) is 11.7. The van der Waals surface area contributed by atoms with Crippen LogP contribution in [0.2, 0.25) is 5.02 Å². The van der Waals surface area contributed by atoms with Gasteiger partial charge in [-0.2, -0.15) is 10.2 Å². The number of nitrogens with zero attached hydrogens (tertiary/aromatic N) is 3. The van der Waals surface area contributed by atoms with Crippen LogP contribution in [0.4, 0.5) is 16.2 Å². The number of hydrogen-bond acceptors (Lipinski definition) is 6. The van der Waals surface area contributed by atoms with Gasteiger partial charge in [-0.25, -0.2) is 9.37 Å². The molecule has 0 amide bonds. The summed E-state index contributed by atoms with van der Waals surface area (Å²) in [5, 5.41) is 20.8. The lowest BCUT2D eigenvalue weighted by Gasteiger charge is -2.36. The topological polar surface area (TPSA) is 85.7 Å². The Morgan fingerprint density at radius 3 is 2.42 bits per heavy atom. The van der Waals surface area contributed by atoms with Crippen molar-refractivity contribution in [3.8, 4) is 6.07 Å². The van der Waals surface area contributed by atoms with Gasteiger partial charge in [-0.15, -0.1) is 0 Å². The molecule has 3 atom stereocenters. The monoisotopic (exact) mass is 540 g/mol. The van der Waals surface area contributed by atoms with Gasteiger partial charge in [0.25, 0.3) is 0 Å². The van der Waals surface area contributed by atoms with E-state index in [1.54, 1.807) is 6.20 Å². The molecule has 2 fully saturated rings. The first-order chi connectivity index (χ1) is 18.5. The largest absolute Gasteiger partial charge is 0.369 e. The van der Waals surface area contributed by atoms with Crippen molar-refractivity contribution >= 4 is 23.4 Å². The lowest BCUT2D eigenvalue weighted by molar-refractivity contribution is 0.178. The van der Waals surface area contributed by atoms with Gasteiger partial charge >= 0.3 is 0 Å². The molecule has 1 aromatic heterocycles. The van der Waals surface area contributed by atoms with Crippen LogP contribution in [0.5, 0.6) is 0 Å². The summed E-state index contributed by atoms with van der Waals surface area (Å²) >= 11 is 6.27. The zero-order valence-corrected chi connectivity index (χ0v) is 23.3. The average molecular weight is 541 g/mol. The van der Waals surface area contributed by atoms with E-state index in [1.165, 1.54) is 32.1 Å². The predicted octanol–water partition coefficient (Wildman–Crippen LogP) is 6.98. The Bertz CT molecular complexity index is 1050. The van der Waals surface area contributed by atoms with Crippen molar-refractivity contribution in [2.45, 2.75) is 77.4 Å². The molecule has 0 radical (unpaired) electrons. The minimum absolute atomic E-state index is 0.454. The molecule has 0 aliphatic heterocycles. The minimum atomic E-state index is -0.585. The van der Waals surface area contributed by atoms with E-state index in [0.29, 0.717) is 46.7 Å². The number of nitrogens with one attached hydrogen (secondary N) is 3. The maximum Gasteiger partial charge on any atom is 0.224 e. The van der Waals surface area contributed by atoms with Gasteiger partial charge in [-0.3, -0.25) is 0 Å². The van der Waals surface area contributed by atoms with Crippen molar-refractivity contribution in [3.63, 3.8) is 0 Å². The molecule has 1 unspecified atom stereocenters. The third kappa shape index (κ3) is 8.54. The van der Waals surface area contributed by atoms with E-state index in [-0.39, 0.29) is 0 Å². The molecule has 1 heterocycles. The molecule has 8 heteroatoms. The number of hydrogen-bond donors (Lipinski definition) is 3. The van der Waals surface area contributed by atoms with E-state index in [0.717, 1.165) is 56.8 Å². The molecule has 3 N–H and O–H groups in total. The van der Waals surface area contributed by atoms with Gasteiger partial charge in [-0.1, -0.05) is 49.6 Å². The smallest absolute Gasteiger partial charge is 0.224 e. The van der Waals surface area contributed by atoms with Gasteiger partial charge in [-0.05, 0) is 93.3 Å². The standard InChI is InChI=1S/C30H42ClFN6/c1-2-5-22-12-23(17-34-16-21-8-10-27(32)11-9-21)14-24(13-22)18-35-29-26(15-33)20-37-30(38-29)36-19-25-6-3-4-7-28(25)31/h3-4,6-7,20-24,27,34H,2,5,8-14,16-19H2,1H3,(H2,35,36,37,38)/t21?,22?,23-,24-,27?/m1/s1. The minimum Gasteiger partial charge on any atom is -0.369 e. The molecule has 38 heavy (non-hydrogen) atoms. The summed E-state index contributed by atoms with van der Waals surface area (Å²) in [4.78, 5) is 8.93. The fraction of sp³-hybridized carbons (Fsp3) is 0.633. The lowest BCUT2D eigenvalue weighted by atomic mass is 9.73. The van der Waals surface area contributed by atoms with Gasteiger partial charge < -0.3 is 16.0 Å². The lowest BCUT2D eigenvalue weighted by Crippen LogP contribution is -2.35. The van der Waals surface area contributed by atoms with Crippen LogP contribution in [0.3, 0.4) is 0 Å². The van der Waals surface area contributed by atoms with Crippen LogP contribution in [0.15, 0.2) is 30.5 Å². The van der Waals surface area contributed by atoms with Crippen molar-refractivity contribution in [1.82, 2.24) is 15.3 Å². The van der Waals surface area contributed by atoms with E-state index in [4.69, 9.17) is 11.6 Å². The molecular weight excluding hydrogens is 499 g/mol. The first-order valence-corrected chi connectivity index (χ1v) is 14.7. The Morgan fingerprint density at radius 1 is 0.974 bits per heavy atom. The second kappa shape index (κ2) is 14.6. The maximum atomic E-state index is 13.5. The Hall–Kier alpha value is -2.43. The van der Waals surface area contributed by atoms with Crippen LogP contribution in [0, 0.1) is 35.0 Å². The average Bonchev–Trinajstić information content (AvgIpc) is 2.93. The molecule has 2 saturated carbocycles. The fourth-order valence-corrected chi connectivity index (χ4v) is 6.44. The van der Waals surface area contributed by atoms with E-state index in [9.17, 15) is 9.65 Å². The summed E-state index contributed by atoms with van der Waals surface area (Å²) in [6.07, 6.45) is 10.6. The van der Waals surface area contributed by atoms with Gasteiger partial charge in [0.05, 0.1) is 6.20 Å². The molecule has 2 aliphatic carbocycles. The van der Waals surface area contributed by atoms with Crippen LogP contribution >= 0.6 is 11.6 Å². The Balaban J connectivity index is 1.31. The highest BCUT2D eigenvalue weighted by molar-refractivity contribution is 6.31. The summed E-state index contributed by atoms with van der Waals surface area (Å²) in [6, 6.07) is 9.90. The SMILES string of the molecule is CCCC1C[C@@H](CNCC2CCC(F)CC2)C[C@H](CNc2nc(NCc3ccccc3Cl)ncc2C#N)C1. The molecule has 0 bridgehead atoms. The van der Waals surface area contributed by atoms with Gasteiger partial charge in [0.2, 0.25) is 5.95 Å². The summed E-state index contributed by atoms with van der Waals surface area (Å²) in [5.74, 6) is 3.61. The van der Waals surface area contributed by atoms with E-state index in [2.05, 4.69) is 38.9 Å². The number of alkyl halides is 1. The number of benzene rings is 1. The number of rotatable bonds is 12. The number of halogens is 2. The number of aromatic nitrogens is 2. The molecule has 6 nitrogen and oxygen atoms in total. The first kappa shape index (κ1) is 28.6. The molecule has 2 aromatic rings.